The van der Waals surface area contributed by atoms with Crippen LogP contribution in [0.2, 0.25) is 5.02 Å². The van der Waals surface area contributed by atoms with Gasteiger partial charge in [0, 0.05) is 23.7 Å². The van der Waals surface area contributed by atoms with Gasteiger partial charge in [-0.1, -0.05) is 49.4 Å². The number of hydrogen-bond donors (Lipinski definition) is 2. The van der Waals surface area contributed by atoms with Crippen molar-refractivity contribution in [2.24, 2.45) is 0 Å². The van der Waals surface area contributed by atoms with Gasteiger partial charge in [0.15, 0.2) is 0 Å². The van der Waals surface area contributed by atoms with Gasteiger partial charge < -0.3 is 10.6 Å². The van der Waals surface area contributed by atoms with E-state index >= 15 is 0 Å². The van der Waals surface area contributed by atoms with E-state index in [-0.39, 0.29) is 11.9 Å². The molecule has 0 bridgehead atoms. The fraction of sp³-hybridized carbons (Fsp3) is 0.476. The number of aryl methyl sites for hydroxylation is 1. The van der Waals surface area contributed by atoms with Crippen molar-refractivity contribution >= 4 is 23.3 Å². The Labute approximate surface area is 166 Å². The Hall–Kier alpha value is -2.14. The molecular formula is C21H27ClN4O. The minimum absolute atomic E-state index is 0.104. The Morgan fingerprint density at radius 2 is 1.81 bits per heavy atom. The summed E-state index contributed by atoms with van der Waals surface area (Å²) < 4.78 is 0. The monoisotopic (exact) mass is 386 g/mol. The summed E-state index contributed by atoms with van der Waals surface area (Å²) >= 11 is 5.91. The number of aromatic nitrogens is 2. The third-order valence-electron chi connectivity index (χ3n) is 4.89. The van der Waals surface area contributed by atoms with Crippen LogP contribution < -0.4 is 10.6 Å². The molecule has 2 N–H and O–H groups in total. The minimum atomic E-state index is -0.104. The highest BCUT2D eigenvalue weighted by Crippen LogP contribution is 2.18. The van der Waals surface area contributed by atoms with E-state index < -0.39 is 0 Å². The lowest BCUT2D eigenvalue weighted by Gasteiger charge is -2.16. The molecule has 27 heavy (non-hydrogen) atoms. The van der Waals surface area contributed by atoms with Gasteiger partial charge in [-0.15, -0.1) is 0 Å². The van der Waals surface area contributed by atoms with Gasteiger partial charge in [0.1, 0.15) is 17.3 Å². The van der Waals surface area contributed by atoms with Crippen LogP contribution in [0.1, 0.15) is 60.4 Å². The first-order valence-electron chi connectivity index (χ1n) is 9.75. The summed E-state index contributed by atoms with van der Waals surface area (Å²) in [7, 11) is 0. The number of nitrogens with one attached hydrogen (secondary N) is 2. The van der Waals surface area contributed by atoms with E-state index in [9.17, 15) is 4.79 Å². The Morgan fingerprint density at radius 3 is 2.52 bits per heavy atom. The van der Waals surface area contributed by atoms with Crippen LogP contribution in [0.4, 0.5) is 5.82 Å². The summed E-state index contributed by atoms with van der Waals surface area (Å²) in [6, 6.07) is 9.81. The smallest absolute Gasteiger partial charge is 0.270 e. The lowest BCUT2D eigenvalue weighted by Crippen LogP contribution is -2.35. The van der Waals surface area contributed by atoms with Crippen molar-refractivity contribution in [2.45, 2.75) is 57.9 Å². The molecule has 0 aliphatic heterocycles. The summed E-state index contributed by atoms with van der Waals surface area (Å²) in [6.07, 6.45) is 7.87. The predicted octanol–water partition coefficient (Wildman–Crippen LogP) is 4.55. The van der Waals surface area contributed by atoms with E-state index in [1.807, 2.05) is 31.2 Å². The average molecular weight is 387 g/mol. The van der Waals surface area contributed by atoms with Crippen LogP contribution in [0.15, 0.2) is 30.3 Å². The molecule has 0 atom stereocenters. The molecule has 1 amide bonds. The van der Waals surface area contributed by atoms with Gasteiger partial charge >= 0.3 is 0 Å². The fourth-order valence-electron chi connectivity index (χ4n) is 3.44. The fourth-order valence-corrected chi connectivity index (χ4v) is 3.57. The molecule has 0 radical (unpaired) electrons. The lowest BCUT2D eigenvalue weighted by molar-refractivity contribution is 0.0928. The van der Waals surface area contributed by atoms with Crippen molar-refractivity contribution in [2.75, 3.05) is 11.9 Å². The van der Waals surface area contributed by atoms with Crippen LogP contribution in [0.3, 0.4) is 0 Å². The Kier molecular flexibility index (Phi) is 7.04. The Balaban J connectivity index is 1.57. The SMILES string of the molecule is Cc1nc(NCCc2ccc(Cl)cc2)cc(C(=O)NC2CCCCCC2)n1. The standard InChI is InChI=1S/C21H27ClN4O/c1-15-24-19(21(27)26-18-6-4-2-3-5-7-18)14-20(25-15)23-13-12-16-8-10-17(22)11-9-16/h8-11,14,18H,2-7,12-13H2,1H3,(H,26,27)(H,23,24,25). The number of nitrogens with zero attached hydrogens (tertiary/aromatic N) is 2. The van der Waals surface area contributed by atoms with Gasteiger partial charge in [0.05, 0.1) is 0 Å². The maximum atomic E-state index is 12.6. The molecule has 5 nitrogen and oxygen atoms in total. The largest absolute Gasteiger partial charge is 0.370 e. The van der Waals surface area contributed by atoms with E-state index in [4.69, 9.17) is 11.6 Å². The maximum Gasteiger partial charge on any atom is 0.270 e. The van der Waals surface area contributed by atoms with Gasteiger partial charge in [0.2, 0.25) is 0 Å². The molecule has 1 fully saturated rings. The summed E-state index contributed by atoms with van der Waals surface area (Å²) in [4.78, 5) is 21.3. The maximum absolute atomic E-state index is 12.6. The molecule has 1 aromatic carbocycles. The number of rotatable bonds is 6. The van der Waals surface area contributed by atoms with Crippen molar-refractivity contribution in [1.29, 1.82) is 0 Å². The highest BCUT2D eigenvalue weighted by atomic mass is 35.5. The molecule has 0 spiro atoms. The van der Waals surface area contributed by atoms with Crippen molar-refractivity contribution in [3.05, 3.63) is 52.4 Å². The molecular weight excluding hydrogens is 360 g/mol. The van der Waals surface area contributed by atoms with E-state index in [1.54, 1.807) is 6.07 Å². The molecule has 2 aromatic rings. The lowest BCUT2D eigenvalue weighted by atomic mass is 10.1. The molecule has 6 heteroatoms. The molecule has 1 heterocycles. The van der Waals surface area contributed by atoms with Gasteiger partial charge in [-0.3, -0.25) is 4.79 Å². The van der Waals surface area contributed by atoms with Crippen LogP contribution in [0, 0.1) is 6.92 Å². The average Bonchev–Trinajstić information content (AvgIpc) is 2.91. The van der Waals surface area contributed by atoms with Crippen molar-refractivity contribution in [1.82, 2.24) is 15.3 Å². The van der Waals surface area contributed by atoms with Gasteiger partial charge in [-0.05, 0) is 43.9 Å². The van der Waals surface area contributed by atoms with E-state index in [1.165, 1.54) is 31.2 Å². The number of halogens is 1. The van der Waals surface area contributed by atoms with Gasteiger partial charge in [0.25, 0.3) is 5.91 Å². The highest BCUT2D eigenvalue weighted by Gasteiger charge is 2.17. The second kappa shape index (κ2) is 9.70. The third-order valence-corrected chi connectivity index (χ3v) is 5.15. The number of carbonyl (C=O) groups excluding carboxylic acids is 1. The topological polar surface area (TPSA) is 66.9 Å². The van der Waals surface area contributed by atoms with Crippen LogP contribution >= 0.6 is 11.6 Å². The summed E-state index contributed by atoms with van der Waals surface area (Å²) in [5.41, 5.74) is 1.63. The first-order chi connectivity index (χ1) is 13.1. The first kappa shape index (κ1) is 19.6. The number of hydrogen-bond acceptors (Lipinski definition) is 4. The van der Waals surface area contributed by atoms with Gasteiger partial charge in [-0.2, -0.15) is 0 Å². The minimum Gasteiger partial charge on any atom is -0.370 e. The molecule has 3 rings (SSSR count). The van der Waals surface area contributed by atoms with Crippen LogP contribution in [0.5, 0.6) is 0 Å². The zero-order chi connectivity index (χ0) is 19.1. The number of amides is 1. The second-order valence-corrected chi connectivity index (χ2v) is 7.59. The number of anilines is 1. The van der Waals surface area contributed by atoms with E-state index in [0.29, 0.717) is 17.3 Å². The summed E-state index contributed by atoms with van der Waals surface area (Å²) in [6.45, 7) is 2.54. The molecule has 1 saturated carbocycles. The molecule has 1 aliphatic rings. The Bertz CT molecular complexity index is 755. The quantitative estimate of drug-likeness (QED) is 0.715. The van der Waals surface area contributed by atoms with E-state index in [2.05, 4.69) is 20.6 Å². The third kappa shape index (κ3) is 6.21. The zero-order valence-electron chi connectivity index (χ0n) is 15.8. The summed E-state index contributed by atoms with van der Waals surface area (Å²) in [5, 5.41) is 7.18. The molecule has 0 unspecified atom stereocenters. The molecule has 1 aromatic heterocycles. The molecule has 1 aliphatic carbocycles. The number of carbonyl (C=O) groups is 1. The van der Waals surface area contributed by atoms with Crippen molar-refractivity contribution in [3.63, 3.8) is 0 Å². The second-order valence-electron chi connectivity index (χ2n) is 7.15. The number of benzene rings is 1. The van der Waals surface area contributed by atoms with Crippen molar-refractivity contribution in [3.8, 4) is 0 Å². The Morgan fingerprint density at radius 1 is 1.11 bits per heavy atom. The van der Waals surface area contributed by atoms with Crippen LogP contribution in [-0.4, -0.2) is 28.5 Å². The van der Waals surface area contributed by atoms with Gasteiger partial charge in [-0.25, -0.2) is 9.97 Å². The van der Waals surface area contributed by atoms with Crippen molar-refractivity contribution < 1.29 is 4.79 Å². The normalized spacial score (nSPS) is 15.2. The first-order valence-corrected chi connectivity index (χ1v) is 10.1. The zero-order valence-corrected chi connectivity index (χ0v) is 16.6. The summed E-state index contributed by atoms with van der Waals surface area (Å²) in [5.74, 6) is 1.17. The molecule has 0 saturated heterocycles. The highest BCUT2D eigenvalue weighted by molar-refractivity contribution is 6.30. The predicted molar refractivity (Wildman–Crippen MR) is 109 cm³/mol. The van der Waals surface area contributed by atoms with E-state index in [0.717, 1.165) is 30.8 Å². The molecule has 144 valence electrons. The van der Waals surface area contributed by atoms with Crippen LogP contribution in [0.25, 0.3) is 0 Å². The van der Waals surface area contributed by atoms with Crippen LogP contribution in [-0.2, 0) is 6.42 Å².